The molecule has 0 aliphatic heterocycles. The Morgan fingerprint density at radius 3 is 1.64 bits per heavy atom. The van der Waals surface area contributed by atoms with E-state index in [9.17, 15) is 0 Å². The van der Waals surface area contributed by atoms with Crippen molar-refractivity contribution in [3.63, 3.8) is 0 Å². The Kier molecular flexibility index (Phi) is 6.32. The van der Waals surface area contributed by atoms with Crippen molar-refractivity contribution in [2.45, 2.75) is 33.1 Å². The third-order valence-corrected chi connectivity index (χ3v) is 8.83. The lowest BCUT2D eigenvalue weighted by atomic mass is 9.81. The molecule has 0 fully saturated rings. The smallest absolute Gasteiger partial charge is 0.0468 e. The van der Waals surface area contributed by atoms with Crippen LogP contribution in [0, 0.1) is 13.8 Å². The van der Waals surface area contributed by atoms with Gasteiger partial charge in [0.05, 0.1) is 0 Å². The zero-order valence-corrected chi connectivity index (χ0v) is 24.7. The molecule has 1 nitrogen and oxygen atoms in total. The van der Waals surface area contributed by atoms with Crippen LogP contribution in [0.4, 0.5) is 17.1 Å². The van der Waals surface area contributed by atoms with Gasteiger partial charge in [0.2, 0.25) is 0 Å². The summed E-state index contributed by atoms with van der Waals surface area (Å²) in [4.78, 5) is 2.36. The molecule has 0 saturated carbocycles. The molecular formula is C41H35N. The van der Waals surface area contributed by atoms with Crippen LogP contribution in [0.15, 0.2) is 140 Å². The maximum absolute atomic E-state index is 2.37. The van der Waals surface area contributed by atoms with Crippen LogP contribution in [0.25, 0.3) is 33.4 Å². The Balaban J connectivity index is 1.47. The SMILES string of the molecule is Cc1ccc(N(c2ccc(C)cc2)c2ccc(-c3cccc4c3-c3ccccc3C4(C)C)c(-c3ccccc3)c2)cc1. The Morgan fingerprint density at radius 2 is 0.976 bits per heavy atom. The number of rotatable bonds is 5. The lowest BCUT2D eigenvalue weighted by molar-refractivity contribution is 0.660. The van der Waals surface area contributed by atoms with Gasteiger partial charge >= 0.3 is 0 Å². The van der Waals surface area contributed by atoms with Crippen molar-refractivity contribution in [1.82, 2.24) is 0 Å². The minimum atomic E-state index is -0.0392. The largest absolute Gasteiger partial charge is 0.310 e. The van der Waals surface area contributed by atoms with Gasteiger partial charge in [0, 0.05) is 22.5 Å². The van der Waals surface area contributed by atoms with E-state index in [1.54, 1.807) is 0 Å². The number of nitrogens with zero attached hydrogens (tertiary/aromatic N) is 1. The molecule has 1 aliphatic rings. The van der Waals surface area contributed by atoms with Crippen LogP contribution in [-0.2, 0) is 5.41 Å². The molecule has 0 atom stereocenters. The van der Waals surface area contributed by atoms with E-state index in [0.717, 1.165) is 17.1 Å². The fourth-order valence-corrected chi connectivity index (χ4v) is 6.58. The van der Waals surface area contributed by atoms with Crippen LogP contribution >= 0.6 is 0 Å². The van der Waals surface area contributed by atoms with E-state index in [1.807, 2.05) is 0 Å². The van der Waals surface area contributed by atoms with E-state index in [-0.39, 0.29) is 5.41 Å². The molecule has 0 heterocycles. The van der Waals surface area contributed by atoms with E-state index < -0.39 is 0 Å². The van der Waals surface area contributed by atoms with Crippen LogP contribution < -0.4 is 4.90 Å². The molecular weight excluding hydrogens is 506 g/mol. The second kappa shape index (κ2) is 10.2. The number of fused-ring (bicyclic) bond motifs is 3. The van der Waals surface area contributed by atoms with Gasteiger partial charge < -0.3 is 4.90 Å². The van der Waals surface area contributed by atoms with Crippen molar-refractivity contribution < 1.29 is 0 Å². The molecule has 204 valence electrons. The second-order valence-electron chi connectivity index (χ2n) is 12.0. The van der Waals surface area contributed by atoms with Gasteiger partial charge in [-0.1, -0.05) is 128 Å². The maximum Gasteiger partial charge on any atom is 0.0468 e. The fraction of sp³-hybridized carbons (Fsp3) is 0.122. The molecule has 0 spiro atoms. The average molecular weight is 542 g/mol. The summed E-state index contributed by atoms with van der Waals surface area (Å²) < 4.78 is 0. The summed E-state index contributed by atoms with van der Waals surface area (Å²) in [6.45, 7) is 8.98. The maximum atomic E-state index is 2.37. The van der Waals surface area contributed by atoms with Crippen LogP contribution in [0.5, 0.6) is 0 Å². The first-order valence-corrected chi connectivity index (χ1v) is 14.8. The van der Waals surface area contributed by atoms with Crippen molar-refractivity contribution in [1.29, 1.82) is 0 Å². The Hall–Kier alpha value is -4.88. The zero-order valence-electron chi connectivity index (χ0n) is 24.7. The van der Waals surface area contributed by atoms with Crippen LogP contribution in [-0.4, -0.2) is 0 Å². The highest BCUT2D eigenvalue weighted by molar-refractivity contribution is 5.98. The van der Waals surface area contributed by atoms with Crippen LogP contribution in [0.2, 0.25) is 0 Å². The fourth-order valence-electron chi connectivity index (χ4n) is 6.58. The summed E-state index contributed by atoms with van der Waals surface area (Å²) in [6.07, 6.45) is 0. The molecule has 0 bridgehead atoms. The summed E-state index contributed by atoms with van der Waals surface area (Å²) >= 11 is 0. The minimum Gasteiger partial charge on any atom is -0.310 e. The van der Waals surface area contributed by atoms with Gasteiger partial charge in [0.25, 0.3) is 0 Å². The van der Waals surface area contributed by atoms with E-state index in [4.69, 9.17) is 0 Å². The molecule has 6 aromatic rings. The van der Waals surface area contributed by atoms with Gasteiger partial charge in [-0.3, -0.25) is 0 Å². The van der Waals surface area contributed by atoms with Crippen molar-refractivity contribution in [2.24, 2.45) is 0 Å². The summed E-state index contributed by atoms with van der Waals surface area (Å²) in [7, 11) is 0. The molecule has 0 radical (unpaired) electrons. The van der Waals surface area contributed by atoms with Gasteiger partial charge in [-0.05, 0) is 94.8 Å². The van der Waals surface area contributed by atoms with Gasteiger partial charge in [-0.25, -0.2) is 0 Å². The summed E-state index contributed by atoms with van der Waals surface area (Å²) in [5, 5.41) is 0. The lowest BCUT2D eigenvalue weighted by Gasteiger charge is -2.27. The second-order valence-corrected chi connectivity index (χ2v) is 12.0. The van der Waals surface area contributed by atoms with E-state index in [2.05, 4.69) is 172 Å². The first-order chi connectivity index (χ1) is 20.4. The number of hydrogen-bond acceptors (Lipinski definition) is 1. The molecule has 0 amide bonds. The average Bonchev–Trinajstić information content (AvgIpc) is 3.26. The van der Waals surface area contributed by atoms with Crippen molar-refractivity contribution in [2.75, 3.05) is 4.90 Å². The number of anilines is 3. The normalized spacial score (nSPS) is 13.0. The van der Waals surface area contributed by atoms with Crippen molar-refractivity contribution in [3.05, 3.63) is 162 Å². The van der Waals surface area contributed by atoms with E-state index in [0.29, 0.717) is 0 Å². The molecule has 42 heavy (non-hydrogen) atoms. The summed E-state index contributed by atoms with van der Waals surface area (Å²) in [6, 6.07) is 51.2. The molecule has 7 rings (SSSR count). The lowest BCUT2D eigenvalue weighted by Crippen LogP contribution is -2.14. The van der Waals surface area contributed by atoms with Gasteiger partial charge in [0.15, 0.2) is 0 Å². The predicted octanol–water partition coefficient (Wildman–Crippen LogP) is 11.4. The molecule has 0 aromatic heterocycles. The van der Waals surface area contributed by atoms with E-state index in [1.165, 1.54) is 55.6 Å². The Bertz CT molecular complexity index is 1850. The number of hydrogen-bond donors (Lipinski definition) is 0. The standard InChI is InChI=1S/C41H35N/c1-28-17-21-31(22-18-28)42(32-23-19-29(2)20-24-32)33-25-26-34(37(27-33)30-11-6-5-7-12-30)35-14-10-16-39-40(35)36-13-8-9-15-38(36)41(39,3)4/h5-27H,1-4H3. The van der Waals surface area contributed by atoms with Crippen LogP contribution in [0.3, 0.4) is 0 Å². The third kappa shape index (κ3) is 4.33. The predicted molar refractivity (Wildman–Crippen MR) is 179 cm³/mol. The molecule has 6 aromatic carbocycles. The highest BCUT2D eigenvalue weighted by Gasteiger charge is 2.36. The van der Waals surface area contributed by atoms with E-state index >= 15 is 0 Å². The highest BCUT2D eigenvalue weighted by Crippen LogP contribution is 2.53. The van der Waals surface area contributed by atoms with Crippen molar-refractivity contribution in [3.8, 4) is 33.4 Å². The first kappa shape index (κ1) is 26.0. The minimum absolute atomic E-state index is 0.0392. The van der Waals surface area contributed by atoms with Crippen LogP contribution in [0.1, 0.15) is 36.1 Å². The Morgan fingerprint density at radius 1 is 0.429 bits per heavy atom. The highest BCUT2D eigenvalue weighted by atomic mass is 15.1. The molecule has 0 saturated heterocycles. The molecule has 0 N–H and O–H groups in total. The quantitative estimate of drug-likeness (QED) is 0.210. The third-order valence-electron chi connectivity index (χ3n) is 8.83. The zero-order chi connectivity index (χ0) is 28.8. The van der Waals surface area contributed by atoms with Gasteiger partial charge in [-0.15, -0.1) is 0 Å². The summed E-state index contributed by atoms with van der Waals surface area (Å²) in [5.74, 6) is 0. The first-order valence-electron chi connectivity index (χ1n) is 14.8. The Labute approximate surface area is 249 Å². The monoisotopic (exact) mass is 541 g/mol. The van der Waals surface area contributed by atoms with Gasteiger partial charge in [0.1, 0.15) is 0 Å². The van der Waals surface area contributed by atoms with Crippen molar-refractivity contribution >= 4 is 17.1 Å². The molecule has 1 heteroatoms. The topological polar surface area (TPSA) is 3.24 Å². The number of aryl methyl sites for hydroxylation is 2. The molecule has 1 aliphatic carbocycles. The number of benzene rings is 6. The van der Waals surface area contributed by atoms with Gasteiger partial charge in [-0.2, -0.15) is 0 Å². The summed E-state index contributed by atoms with van der Waals surface area (Å²) in [5.41, 5.74) is 16.4. The molecule has 0 unspecified atom stereocenters.